The number of fused-ring (bicyclic) bond motifs is 4. The number of hydrogen-bond donors (Lipinski definition) is 0. The number of rotatable bonds is 11. The van der Waals surface area contributed by atoms with Crippen LogP contribution in [0.15, 0.2) is 54.6 Å². The molecule has 10 heteroatoms. The normalized spacial score (nSPS) is 18.2. The monoisotopic (exact) mass is 682 g/mol. The Hall–Kier alpha value is -4.80. The fourth-order valence-corrected chi connectivity index (χ4v) is 7.63. The van der Waals surface area contributed by atoms with Crippen molar-refractivity contribution >= 4 is 0 Å². The Kier molecular flexibility index (Phi) is 9.57. The van der Waals surface area contributed by atoms with Crippen LogP contribution in [0.5, 0.6) is 51.7 Å². The van der Waals surface area contributed by atoms with Gasteiger partial charge < -0.3 is 37.9 Å². The predicted octanol–water partition coefficient (Wildman–Crippen LogP) is 6.79. The highest BCUT2D eigenvalue weighted by atomic mass is 16.7. The maximum atomic E-state index is 6.53. The molecule has 0 saturated carbocycles. The molecule has 0 amide bonds. The number of benzene rings is 4. The minimum Gasteiger partial charge on any atom is -0.493 e. The van der Waals surface area contributed by atoms with E-state index in [0.29, 0.717) is 34.5 Å². The Morgan fingerprint density at radius 1 is 0.600 bits per heavy atom. The standard InChI is InChI=1S/C40H46N2O8/c1-41-14-12-26-20-33(43-3)34(44-4)21-29(26)31(41)17-25-18-35(45-5)39(47-7)37(19-25)50-27-10-8-24(9-11-27)16-32-30-22-36(46-6)40-38(48-23-49-40)28(30)13-15-42(32)2/h8-11,18-22,31-32H,12-17,23H2,1-7H3. The van der Waals surface area contributed by atoms with Crippen LogP contribution in [0.4, 0.5) is 0 Å². The molecule has 264 valence electrons. The highest BCUT2D eigenvalue weighted by Gasteiger charge is 2.34. The van der Waals surface area contributed by atoms with Crippen LogP contribution in [0.1, 0.15) is 45.5 Å². The fraction of sp³-hybridized carbons (Fsp3) is 0.400. The molecule has 7 rings (SSSR count). The van der Waals surface area contributed by atoms with Crippen molar-refractivity contribution in [2.75, 3.05) is 69.5 Å². The number of hydrogen-bond acceptors (Lipinski definition) is 10. The lowest BCUT2D eigenvalue weighted by atomic mass is 9.88. The van der Waals surface area contributed by atoms with Crippen LogP contribution in [-0.4, -0.2) is 79.3 Å². The second kappa shape index (κ2) is 14.2. The molecule has 0 N–H and O–H groups in total. The molecule has 4 aromatic carbocycles. The van der Waals surface area contributed by atoms with Gasteiger partial charge in [-0.05, 0) is 110 Å². The molecule has 2 unspecified atom stereocenters. The van der Waals surface area contributed by atoms with Crippen molar-refractivity contribution in [2.45, 2.75) is 37.8 Å². The fourth-order valence-electron chi connectivity index (χ4n) is 7.63. The van der Waals surface area contributed by atoms with Gasteiger partial charge in [-0.3, -0.25) is 9.80 Å². The van der Waals surface area contributed by atoms with Crippen LogP contribution in [0.2, 0.25) is 0 Å². The van der Waals surface area contributed by atoms with Gasteiger partial charge in [-0.2, -0.15) is 0 Å². The Morgan fingerprint density at radius 3 is 1.90 bits per heavy atom. The molecule has 3 aliphatic heterocycles. The molecule has 0 spiro atoms. The van der Waals surface area contributed by atoms with Gasteiger partial charge in [0.1, 0.15) is 5.75 Å². The largest absolute Gasteiger partial charge is 0.493 e. The average Bonchev–Trinajstić information content (AvgIpc) is 3.64. The van der Waals surface area contributed by atoms with E-state index in [1.54, 1.807) is 35.5 Å². The predicted molar refractivity (Wildman–Crippen MR) is 190 cm³/mol. The summed E-state index contributed by atoms with van der Waals surface area (Å²) in [6.45, 7) is 2.10. The van der Waals surface area contributed by atoms with Gasteiger partial charge in [-0.1, -0.05) is 12.1 Å². The van der Waals surface area contributed by atoms with E-state index in [4.69, 9.17) is 37.9 Å². The minimum atomic E-state index is 0.131. The first-order valence-corrected chi connectivity index (χ1v) is 17.0. The summed E-state index contributed by atoms with van der Waals surface area (Å²) in [5, 5.41) is 0. The van der Waals surface area contributed by atoms with Gasteiger partial charge in [-0.25, -0.2) is 0 Å². The molecule has 0 saturated heterocycles. The highest BCUT2D eigenvalue weighted by Crippen LogP contribution is 2.50. The maximum absolute atomic E-state index is 6.53. The van der Waals surface area contributed by atoms with E-state index in [-0.39, 0.29) is 18.9 Å². The lowest BCUT2D eigenvalue weighted by molar-refractivity contribution is 0.169. The van der Waals surface area contributed by atoms with Crippen molar-refractivity contribution in [3.63, 3.8) is 0 Å². The lowest BCUT2D eigenvalue weighted by Crippen LogP contribution is -2.33. The van der Waals surface area contributed by atoms with E-state index in [0.717, 1.165) is 61.6 Å². The van der Waals surface area contributed by atoms with Crippen molar-refractivity contribution < 1.29 is 37.9 Å². The minimum absolute atomic E-state index is 0.131. The van der Waals surface area contributed by atoms with Crippen LogP contribution >= 0.6 is 0 Å². The van der Waals surface area contributed by atoms with Crippen LogP contribution in [-0.2, 0) is 25.7 Å². The molecule has 0 bridgehead atoms. The number of nitrogens with zero attached hydrogens (tertiary/aromatic N) is 2. The van der Waals surface area contributed by atoms with E-state index in [9.17, 15) is 0 Å². The Bertz CT molecular complexity index is 1860. The molecule has 0 aliphatic carbocycles. The van der Waals surface area contributed by atoms with E-state index in [1.807, 2.05) is 18.2 Å². The molecular formula is C40H46N2O8. The van der Waals surface area contributed by atoms with Crippen molar-refractivity contribution in [2.24, 2.45) is 0 Å². The smallest absolute Gasteiger partial charge is 0.231 e. The Morgan fingerprint density at radius 2 is 1.20 bits per heavy atom. The first kappa shape index (κ1) is 33.7. The second-order valence-corrected chi connectivity index (χ2v) is 13.1. The van der Waals surface area contributed by atoms with Crippen LogP contribution < -0.4 is 37.9 Å². The molecule has 3 heterocycles. The first-order valence-electron chi connectivity index (χ1n) is 17.0. The number of ether oxygens (including phenoxy) is 8. The summed E-state index contributed by atoms with van der Waals surface area (Å²) in [6, 6.07) is 19.0. The summed E-state index contributed by atoms with van der Waals surface area (Å²) in [4.78, 5) is 4.78. The molecule has 3 aliphatic rings. The average molecular weight is 683 g/mol. The third-order valence-corrected chi connectivity index (χ3v) is 10.4. The molecule has 10 nitrogen and oxygen atoms in total. The van der Waals surface area contributed by atoms with E-state index in [2.05, 4.69) is 60.3 Å². The summed E-state index contributed by atoms with van der Waals surface area (Å²) in [5.74, 6) is 6.23. The third kappa shape index (κ3) is 6.22. The van der Waals surface area contributed by atoms with Crippen LogP contribution in [0, 0.1) is 0 Å². The molecule has 4 aromatic rings. The summed E-state index contributed by atoms with van der Waals surface area (Å²) in [7, 11) is 12.7. The molecular weight excluding hydrogens is 636 g/mol. The van der Waals surface area contributed by atoms with Gasteiger partial charge in [0.15, 0.2) is 34.5 Å². The Labute approximate surface area is 294 Å². The van der Waals surface area contributed by atoms with Crippen molar-refractivity contribution in [3.8, 4) is 51.7 Å². The lowest BCUT2D eigenvalue weighted by Gasteiger charge is -2.35. The topological polar surface area (TPSA) is 80.3 Å². The van der Waals surface area contributed by atoms with Gasteiger partial charge in [0.05, 0.1) is 35.5 Å². The first-order chi connectivity index (χ1) is 24.3. The summed E-state index contributed by atoms with van der Waals surface area (Å²) in [5.41, 5.74) is 7.21. The van der Waals surface area contributed by atoms with Gasteiger partial charge in [0.2, 0.25) is 18.3 Å². The van der Waals surface area contributed by atoms with Crippen molar-refractivity contribution in [1.82, 2.24) is 9.80 Å². The van der Waals surface area contributed by atoms with Gasteiger partial charge in [0, 0.05) is 30.7 Å². The molecule has 50 heavy (non-hydrogen) atoms. The van der Waals surface area contributed by atoms with Gasteiger partial charge in [0.25, 0.3) is 0 Å². The summed E-state index contributed by atoms with van der Waals surface area (Å²) in [6.07, 6.45) is 3.42. The van der Waals surface area contributed by atoms with Gasteiger partial charge in [-0.15, -0.1) is 0 Å². The Balaban J connectivity index is 1.13. The highest BCUT2D eigenvalue weighted by molar-refractivity contribution is 5.62. The van der Waals surface area contributed by atoms with Crippen molar-refractivity contribution in [1.29, 1.82) is 0 Å². The molecule has 0 aromatic heterocycles. The second-order valence-electron chi connectivity index (χ2n) is 13.1. The molecule has 0 radical (unpaired) electrons. The zero-order valence-corrected chi connectivity index (χ0v) is 30.0. The van der Waals surface area contributed by atoms with E-state index >= 15 is 0 Å². The maximum Gasteiger partial charge on any atom is 0.231 e. The van der Waals surface area contributed by atoms with E-state index in [1.165, 1.54) is 27.8 Å². The van der Waals surface area contributed by atoms with Crippen LogP contribution in [0.25, 0.3) is 0 Å². The number of likely N-dealkylation sites (N-methyl/N-ethyl adjacent to an activating group) is 2. The zero-order valence-electron chi connectivity index (χ0n) is 30.0. The van der Waals surface area contributed by atoms with E-state index < -0.39 is 0 Å². The summed E-state index contributed by atoms with van der Waals surface area (Å²) < 4.78 is 46.7. The molecule has 0 fully saturated rings. The van der Waals surface area contributed by atoms with Gasteiger partial charge >= 0.3 is 0 Å². The number of methoxy groups -OCH3 is 5. The summed E-state index contributed by atoms with van der Waals surface area (Å²) >= 11 is 0. The zero-order chi connectivity index (χ0) is 34.9. The quantitative estimate of drug-likeness (QED) is 0.169. The molecule has 2 atom stereocenters. The van der Waals surface area contributed by atoms with Crippen molar-refractivity contribution in [3.05, 3.63) is 88.0 Å². The third-order valence-electron chi connectivity index (χ3n) is 10.4. The van der Waals surface area contributed by atoms with Crippen LogP contribution in [0.3, 0.4) is 0 Å². The SMILES string of the molecule is COc1cc2c(cc1OC)C(Cc1cc(OC)c(OC)c(Oc3ccc(CC4c5cc(OC)c6c(c5CCN4C)OCO6)cc3)c1)N(C)CC2.